The Kier molecular flexibility index (Phi) is 39.6. The summed E-state index contributed by atoms with van der Waals surface area (Å²) < 4.78 is 0. The lowest BCUT2D eigenvalue weighted by Crippen LogP contribution is -2.13. The Hall–Kier alpha value is -2.12. The van der Waals surface area contributed by atoms with Gasteiger partial charge in [-0.25, -0.2) is 0 Å². The van der Waals surface area contributed by atoms with E-state index in [4.69, 9.17) is 0 Å². The van der Waals surface area contributed by atoms with Gasteiger partial charge in [-0.05, 0) is 170 Å². The van der Waals surface area contributed by atoms with Gasteiger partial charge in [0.25, 0.3) is 0 Å². The number of hydrogen-bond donors (Lipinski definition) is 4. The van der Waals surface area contributed by atoms with Crippen LogP contribution in [-0.2, 0) is 19.2 Å². The Balaban J connectivity index is 1.32. The van der Waals surface area contributed by atoms with Crippen LogP contribution in [0.5, 0.6) is 0 Å². The molecule has 20 unspecified atom stereocenters. The average Bonchev–Trinajstić information content (AvgIpc) is 4.50. The van der Waals surface area contributed by atoms with Crippen molar-refractivity contribution >= 4 is 23.9 Å². The second kappa shape index (κ2) is 44.5. The molecular weight excluding hydrogens is 1090 g/mol. The SMILES string of the molecule is CC(CCCC(C)C1CCC(CCCC(C)CC(=O)O)C1)CCC(CCCC(C)C1CCC(CCCC(C)CC(=O)O)C1)CCC(CCCC(C)C1CCC(CCCC(C)CC(=O)O)C1)CCC(C)CCCC(C)C1CCC(CCCC(C)CC(=O)O)C1. The van der Waals surface area contributed by atoms with Gasteiger partial charge in [0, 0.05) is 25.7 Å². The van der Waals surface area contributed by atoms with E-state index < -0.39 is 23.9 Å². The van der Waals surface area contributed by atoms with Crippen LogP contribution in [0.3, 0.4) is 0 Å². The minimum Gasteiger partial charge on any atom is -0.481 e. The smallest absolute Gasteiger partial charge is 0.303 e. The summed E-state index contributed by atoms with van der Waals surface area (Å²) in [4.78, 5) is 44.9. The van der Waals surface area contributed by atoms with Crippen molar-refractivity contribution in [1.82, 2.24) is 0 Å². The third kappa shape index (κ3) is 34.7. The van der Waals surface area contributed by atoms with E-state index in [-0.39, 0.29) is 23.7 Å². The highest BCUT2D eigenvalue weighted by Gasteiger charge is 2.33. The van der Waals surface area contributed by atoms with E-state index in [2.05, 4.69) is 69.2 Å². The lowest BCUT2D eigenvalue weighted by atomic mass is 9.80. The van der Waals surface area contributed by atoms with Gasteiger partial charge < -0.3 is 20.4 Å². The maximum atomic E-state index is 11.3. The first kappa shape index (κ1) is 78.3. The summed E-state index contributed by atoms with van der Waals surface area (Å²) in [7, 11) is 0. The van der Waals surface area contributed by atoms with Crippen LogP contribution < -0.4 is 0 Å². The molecule has 4 rings (SSSR count). The molecule has 0 radical (unpaired) electrons. The molecule has 4 aliphatic carbocycles. The fourth-order valence-corrected chi connectivity index (χ4v) is 18.8. The Bertz CT molecular complexity index is 1720. The third-order valence-corrected chi connectivity index (χ3v) is 25.3. The molecule has 0 aromatic carbocycles. The molecule has 0 amide bonds. The van der Waals surface area contributed by atoms with Crippen LogP contribution >= 0.6 is 0 Å². The summed E-state index contributed by atoms with van der Waals surface area (Å²) in [6.07, 6.45) is 56.9. The summed E-state index contributed by atoms with van der Waals surface area (Å²) in [6, 6.07) is 0. The average molecular weight is 1240 g/mol. The van der Waals surface area contributed by atoms with Gasteiger partial charge in [-0.1, -0.05) is 288 Å². The molecule has 20 atom stereocenters. The van der Waals surface area contributed by atoms with E-state index in [9.17, 15) is 39.6 Å². The number of carboxylic acid groups (broad SMARTS) is 4. The minimum atomic E-state index is -0.657. The molecule has 0 aromatic rings. The summed E-state index contributed by atoms with van der Waals surface area (Å²) >= 11 is 0. The van der Waals surface area contributed by atoms with Crippen LogP contribution in [0.15, 0.2) is 0 Å². The third-order valence-electron chi connectivity index (χ3n) is 25.3. The zero-order valence-electron chi connectivity index (χ0n) is 59.5. The number of hydrogen-bond acceptors (Lipinski definition) is 4. The lowest BCUT2D eigenvalue weighted by Gasteiger charge is -2.26. The second-order valence-electron chi connectivity index (χ2n) is 33.6. The van der Waals surface area contributed by atoms with Crippen molar-refractivity contribution in [1.29, 1.82) is 0 Å². The molecule has 0 saturated heterocycles. The number of carbonyl (C=O) groups is 4. The molecule has 0 aliphatic heterocycles. The minimum absolute atomic E-state index is 0.282. The molecular formula is C80H146O8. The fourth-order valence-electron chi connectivity index (χ4n) is 18.8. The Morgan fingerprint density at radius 1 is 0.261 bits per heavy atom. The fraction of sp³-hybridized carbons (Fsp3) is 0.950. The normalized spacial score (nSPS) is 26.4. The van der Waals surface area contributed by atoms with E-state index in [0.29, 0.717) is 25.7 Å². The van der Waals surface area contributed by atoms with Crippen LogP contribution in [0.4, 0.5) is 0 Å². The highest BCUT2D eigenvalue weighted by Crippen LogP contribution is 2.45. The van der Waals surface area contributed by atoms with Crippen molar-refractivity contribution in [2.24, 2.45) is 118 Å². The first-order chi connectivity index (χ1) is 42.0. The number of carboxylic acids is 4. The first-order valence-corrected chi connectivity index (χ1v) is 38.9. The van der Waals surface area contributed by atoms with E-state index in [0.717, 1.165) is 120 Å². The van der Waals surface area contributed by atoms with Gasteiger partial charge in [0.05, 0.1) is 0 Å². The van der Waals surface area contributed by atoms with Gasteiger partial charge in [-0.15, -0.1) is 0 Å². The molecule has 0 aromatic heterocycles. The predicted octanol–water partition coefficient (Wildman–Crippen LogP) is 23.8. The summed E-state index contributed by atoms with van der Waals surface area (Å²) in [5, 5.41) is 36.9. The molecule has 0 heterocycles. The predicted molar refractivity (Wildman–Crippen MR) is 369 cm³/mol. The van der Waals surface area contributed by atoms with Crippen molar-refractivity contribution in [3.8, 4) is 0 Å². The molecule has 4 saturated carbocycles. The molecule has 0 spiro atoms. The van der Waals surface area contributed by atoms with Crippen molar-refractivity contribution in [3.63, 3.8) is 0 Å². The van der Waals surface area contributed by atoms with Crippen molar-refractivity contribution < 1.29 is 39.6 Å². The summed E-state index contributed by atoms with van der Waals surface area (Å²) in [5.74, 6) is 11.8. The van der Waals surface area contributed by atoms with E-state index in [1.807, 2.05) is 0 Å². The van der Waals surface area contributed by atoms with Gasteiger partial charge >= 0.3 is 23.9 Å². The summed E-state index contributed by atoms with van der Waals surface area (Å²) in [6.45, 7) is 23.8. The molecule has 4 aliphatic rings. The van der Waals surface area contributed by atoms with Crippen molar-refractivity contribution in [2.45, 2.75) is 365 Å². The van der Waals surface area contributed by atoms with Gasteiger partial charge in [0.2, 0.25) is 0 Å². The quantitative estimate of drug-likeness (QED) is 0.0470. The van der Waals surface area contributed by atoms with Crippen molar-refractivity contribution in [2.75, 3.05) is 0 Å². The maximum Gasteiger partial charge on any atom is 0.303 e. The number of aliphatic carboxylic acids is 4. The van der Waals surface area contributed by atoms with Crippen molar-refractivity contribution in [3.05, 3.63) is 0 Å². The molecule has 4 N–H and O–H groups in total. The molecule has 514 valence electrons. The van der Waals surface area contributed by atoms with Gasteiger partial charge in [0.15, 0.2) is 0 Å². The largest absolute Gasteiger partial charge is 0.481 e. The number of rotatable bonds is 53. The first-order valence-electron chi connectivity index (χ1n) is 38.9. The Morgan fingerprint density at radius 2 is 0.477 bits per heavy atom. The monoisotopic (exact) mass is 1240 g/mol. The van der Waals surface area contributed by atoms with Crippen LogP contribution in [0.1, 0.15) is 365 Å². The van der Waals surface area contributed by atoms with E-state index in [1.54, 1.807) is 0 Å². The molecule has 8 heteroatoms. The van der Waals surface area contributed by atoms with Crippen LogP contribution in [-0.4, -0.2) is 44.3 Å². The Labute approximate surface area is 543 Å². The molecule has 8 nitrogen and oxygen atoms in total. The van der Waals surface area contributed by atoms with Gasteiger partial charge in [0.1, 0.15) is 0 Å². The highest BCUT2D eigenvalue weighted by molar-refractivity contribution is 5.67. The topological polar surface area (TPSA) is 149 Å². The van der Waals surface area contributed by atoms with E-state index in [1.165, 1.54) is 244 Å². The maximum absolute atomic E-state index is 11.3. The van der Waals surface area contributed by atoms with Crippen LogP contribution in [0.2, 0.25) is 0 Å². The Morgan fingerprint density at radius 3 is 0.716 bits per heavy atom. The second-order valence-corrected chi connectivity index (χ2v) is 33.6. The van der Waals surface area contributed by atoms with Crippen LogP contribution in [0.25, 0.3) is 0 Å². The standard InChI is InChI=1S/C80H146O8/c1-57(19-11-25-63(7)73-45-41-69(53-73)31-13-21-59(3)49-77(81)82)35-37-67(29-17-27-65(9)75-47-43-71(55-75)33-15-23-61(5)51-79(85)86)39-40-68(30-18-28-66(10)76-48-44-72(56-76)34-16-24-62(6)52-80(87)88)38-36-58(2)20-12-26-64(8)74-46-42-70(54-74)32-14-22-60(4)50-78(83)84/h57-76H,11-56H2,1-10H3,(H,81,82)(H,83,84)(H,85,86)(H,87,88). The summed E-state index contributed by atoms with van der Waals surface area (Å²) in [5.41, 5.74) is 0. The zero-order valence-corrected chi connectivity index (χ0v) is 59.5. The highest BCUT2D eigenvalue weighted by atomic mass is 16.4. The van der Waals surface area contributed by atoms with Gasteiger partial charge in [-0.2, -0.15) is 0 Å². The van der Waals surface area contributed by atoms with E-state index >= 15 is 0 Å². The van der Waals surface area contributed by atoms with Gasteiger partial charge in [-0.3, -0.25) is 19.2 Å². The molecule has 0 bridgehead atoms. The lowest BCUT2D eigenvalue weighted by molar-refractivity contribution is -0.139. The zero-order chi connectivity index (χ0) is 64.4. The molecule has 88 heavy (non-hydrogen) atoms. The molecule has 4 fully saturated rings. The van der Waals surface area contributed by atoms with Crippen LogP contribution in [0, 0.1) is 118 Å².